The normalized spacial score (nSPS) is 11.6. The summed E-state index contributed by atoms with van der Waals surface area (Å²) in [5.74, 6) is 0.650. The Labute approximate surface area is 186 Å². The van der Waals surface area contributed by atoms with Crippen LogP contribution in [0.1, 0.15) is 18.9 Å². The molecule has 0 bridgehead atoms. The van der Waals surface area contributed by atoms with Crippen LogP contribution in [-0.2, 0) is 11.3 Å². The molecule has 0 amide bonds. The minimum atomic E-state index is -0.195. The molecule has 1 rings (SSSR count). The molecule has 0 saturated heterocycles. The number of likely N-dealkylation sites (N-methyl/N-ethyl adjacent to an activating group) is 2. The maximum absolute atomic E-state index is 13.0. The Morgan fingerprint density at radius 2 is 1.79 bits per heavy atom. The highest BCUT2D eigenvalue weighted by Crippen LogP contribution is 2.04. The molecular formula is C20H37FIN5O. The number of ether oxygens (including phenoxy) is 1. The van der Waals surface area contributed by atoms with Crippen LogP contribution in [0.4, 0.5) is 4.39 Å². The second-order valence-corrected chi connectivity index (χ2v) is 6.70. The molecule has 0 radical (unpaired) electrons. The molecule has 8 heteroatoms. The van der Waals surface area contributed by atoms with Crippen molar-refractivity contribution in [2.24, 2.45) is 4.99 Å². The minimum Gasteiger partial charge on any atom is -0.385 e. The van der Waals surface area contributed by atoms with Gasteiger partial charge in [0.15, 0.2) is 5.96 Å². The Morgan fingerprint density at radius 1 is 1.07 bits per heavy atom. The Balaban J connectivity index is 0.00000729. The molecule has 1 aromatic carbocycles. The fourth-order valence-electron chi connectivity index (χ4n) is 2.61. The number of halogens is 2. The van der Waals surface area contributed by atoms with E-state index in [2.05, 4.69) is 46.4 Å². The van der Waals surface area contributed by atoms with Gasteiger partial charge in [0.1, 0.15) is 5.82 Å². The Hall–Kier alpha value is -0.970. The van der Waals surface area contributed by atoms with Crippen LogP contribution < -0.4 is 10.6 Å². The number of nitrogens with zero attached hydrogens (tertiary/aromatic N) is 3. The van der Waals surface area contributed by atoms with Crippen molar-refractivity contribution in [1.82, 2.24) is 20.4 Å². The molecule has 0 saturated carbocycles. The van der Waals surface area contributed by atoms with E-state index in [1.807, 2.05) is 12.1 Å². The van der Waals surface area contributed by atoms with Crippen molar-refractivity contribution in [3.05, 3.63) is 35.6 Å². The summed E-state index contributed by atoms with van der Waals surface area (Å²) in [5.41, 5.74) is 1.11. The Morgan fingerprint density at radius 3 is 2.43 bits per heavy atom. The second kappa shape index (κ2) is 16.9. The van der Waals surface area contributed by atoms with E-state index in [9.17, 15) is 4.39 Å². The summed E-state index contributed by atoms with van der Waals surface area (Å²) < 4.78 is 18.0. The van der Waals surface area contributed by atoms with Crippen molar-refractivity contribution < 1.29 is 9.13 Å². The molecule has 0 spiro atoms. The van der Waals surface area contributed by atoms with Gasteiger partial charge >= 0.3 is 0 Å². The topological polar surface area (TPSA) is 52.1 Å². The monoisotopic (exact) mass is 509 g/mol. The number of rotatable bonds is 13. The van der Waals surface area contributed by atoms with Crippen molar-refractivity contribution in [3.8, 4) is 0 Å². The molecule has 0 fully saturated rings. The van der Waals surface area contributed by atoms with Gasteiger partial charge in [-0.05, 0) is 45.1 Å². The number of nitrogens with one attached hydrogen (secondary N) is 2. The van der Waals surface area contributed by atoms with Gasteiger partial charge in [0.25, 0.3) is 0 Å². The van der Waals surface area contributed by atoms with Gasteiger partial charge in [0.2, 0.25) is 0 Å². The Kier molecular flexibility index (Phi) is 16.4. The molecule has 0 aliphatic heterocycles. The first-order valence-corrected chi connectivity index (χ1v) is 9.67. The molecule has 28 heavy (non-hydrogen) atoms. The van der Waals surface area contributed by atoms with E-state index in [1.54, 1.807) is 7.11 Å². The lowest BCUT2D eigenvalue weighted by atomic mass is 10.2. The van der Waals surface area contributed by atoms with Gasteiger partial charge in [-0.2, -0.15) is 0 Å². The van der Waals surface area contributed by atoms with Crippen LogP contribution in [0.3, 0.4) is 0 Å². The van der Waals surface area contributed by atoms with E-state index in [-0.39, 0.29) is 29.8 Å². The third-order valence-electron chi connectivity index (χ3n) is 4.14. The molecular weight excluding hydrogens is 472 g/mol. The van der Waals surface area contributed by atoms with Crippen LogP contribution in [0.25, 0.3) is 0 Å². The van der Waals surface area contributed by atoms with Gasteiger partial charge in [0, 0.05) is 53.0 Å². The first kappa shape index (κ1) is 27.0. The van der Waals surface area contributed by atoms with Crippen molar-refractivity contribution in [1.29, 1.82) is 0 Å². The SMILES string of the molecule is CCNC(=NCCN(C)CCCOC)NCCN(C)Cc1ccc(F)cc1.I. The molecule has 2 N–H and O–H groups in total. The second-order valence-electron chi connectivity index (χ2n) is 6.70. The summed E-state index contributed by atoms with van der Waals surface area (Å²) in [6.45, 7) is 8.85. The summed E-state index contributed by atoms with van der Waals surface area (Å²) in [6, 6.07) is 6.66. The number of guanidine groups is 1. The summed E-state index contributed by atoms with van der Waals surface area (Å²) >= 11 is 0. The average molecular weight is 509 g/mol. The molecule has 6 nitrogen and oxygen atoms in total. The average Bonchev–Trinajstić information content (AvgIpc) is 2.64. The predicted octanol–water partition coefficient (Wildman–Crippen LogP) is 2.40. The number of aliphatic imine (C=N–C) groups is 1. The van der Waals surface area contributed by atoms with Crippen LogP contribution >= 0.6 is 24.0 Å². The largest absolute Gasteiger partial charge is 0.385 e. The highest BCUT2D eigenvalue weighted by atomic mass is 127. The van der Waals surface area contributed by atoms with Crippen molar-refractivity contribution in [3.63, 3.8) is 0 Å². The molecule has 0 aliphatic carbocycles. The van der Waals surface area contributed by atoms with Crippen LogP contribution in [0, 0.1) is 5.82 Å². The predicted molar refractivity (Wildman–Crippen MR) is 126 cm³/mol. The number of hydrogen-bond acceptors (Lipinski definition) is 4. The lowest BCUT2D eigenvalue weighted by Crippen LogP contribution is -2.41. The number of methoxy groups -OCH3 is 1. The van der Waals surface area contributed by atoms with E-state index < -0.39 is 0 Å². The van der Waals surface area contributed by atoms with E-state index in [1.165, 1.54) is 12.1 Å². The minimum absolute atomic E-state index is 0. The summed E-state index contributed by atoms with van der Waals surface area (Å²) in [4.78, 5) is 9.10. The van der Waals surface area contributed by atoms with Crippen LogP contribution in [0.15, 0.2) is 29.3 Å². The first-order valence-electron chi connectivity index (χ1n) is 9.67. The summed E-state index contributed by atoms with van der Waals surface area (Å²) in [5, 5.41) is 6.65. The number of benzene rings is 1. The third-order valence-corrected chi connectivity index (χ3v) is 4.14. The van der Waals surface area contributed by atoms with Crippen LogP contribution in [-0.4, -0.2) is 82.8 Å². The summed E-state index contributed by atoms with van der Waals surface area (Å²) in [7, 11) is 5.90. The zero-order valence-corrected chi connectivity index (χ0v) is 20.0. The van der Waals surface area contributed by atoms with Crippen molar-refractivity contribution in [2.75, 3.05) is 67.1 Å². The Bertz CT molecular complexity index is 530. The van der Waals surface area contributed by atoms with Crippen LogP contribution in [0.2, 0.25) is 0 Å². The van der Waals surface area contributed by atoms with E-state index in [4.69, 9.17) is 4.74 Å². The van der Waals surface area contributed by atoms with Gasteiger partial charge < -0.3 is 25.2 Å². The van der Waals surface area contributed by atoms with Gasteiger partial charge in [-0.25, -0.2) is 4.39 Å². The van der Waals surface area contributed by atoms with Crippen LogP contribution in [0.5, 0.6) is 0 Å². The standard InChI is InChI=1S/C20H36FN5O.HI/c1-5-22-20(23-11-14-25(2)13-6-16-27-4)24-12-15-26(3)17-18-7-9-19(21)10-8-18;/h7-10H,5-6,11-17H2,1-4H3,(H2,22,23,24);1H. The van der Waals surface area contributed by atoms with Gasteiger partial charge in [0.05, 0.1) is 6.54 Å². The van der Waals surface area contributed by atoms with Crippen molar-refractivity contribution >= 4 is 29.9 Å². The first-order chi connectivity index (χ1) is 13.0. The maximum atomic E-state index is 13.0. The number of hydrogen-bond donors (Lipinski definition) is 2. The molecule has 0 heterocycles. The lowest BCUT2D eigenvalue weighted by Gasteiger charge is -2.19. The molecule has 0 aromatic heterocycles. The molecule has 1 aromatic rings. The third kappa shape index (κ3) is 13.2. The fourth-order valence-corrected chi connectivity index (χ4v) is 2.61. The highest BCUT2D eigenvalue weighted by Gasteiger charge is 2.03. The quantitative estimate of drug-likeness (QED) is 0.185. The highest BCUT2D eigenvalue weighted by molar-refractivity contribution is 14.0. The fraction of sp³-hybridized carbons (Fsp3) is 0.650. The van der Waals surface area contributed by atoms with E-state index in [0.29, 0.717) is 0 Å². The molecule has 0 aliphatic rings. The van der Waals surface area contributed by atoms with E-state index >= 15 is 0 Å². The zero-order valence-electron chi connectivity index (χ0n) is 17.7. The molecule has 0 atom stereocenters. The lowest BCUT2D eigenvalue weighted by molar-refractivity contribution is 0.180. The van der Waals surface area contributed by atoms with Crippen molar-refractivity contribution in [2.45, 2.75) is 19.9 Å². The summed E-state index contributed by atoms with van der Waals surface area (Å²) in [6.07, 6.45) is 1.04. The van der Waals surface area contributed by atoms with Gasteiger partial charge in [-0.3, -0.25) is 4.99 Å². The van der Waals surface area contributed by atoms with E-state index in [0.717, 1.165) is 70.4 Å². The molecule has 0 unspecified atom stereocenters. The smallest absolute Gasteiger partial charge is 0.191 e. The van der Waals surface area contributed by atoms with Gasteiger partial charge in [-0.1, -0.05) is 12.1 Å². The van der Waals surface area contributed by atoms with Gasteiger partial charge in [-0.15, -0.1) is 24.0 Å². The zero-order chi connectivity index (χ0) is 19.9. The molecule has 162 valence electrons. The maximum Gasteiger partial charge on any atom is 0.191 e.